The molecule has 0 saturated carbocycles. The maximum Gasteiger partial charge on any atom is 0.472 e. The number of hydrogen-bond acceptors (Lipinski definition) is 15. The van der Waals surface area contributed by atoms with Gasteiger partial charge in [-0.15, -0.1) is 0 Å². The zero-order valence-electron chi connectivity index (χ0n) is 68.0. The molecule has 3 unspecified atom stereocenters. The van der Waals surface area contributed by atoms with Gasteiger partial charge in [-0.2, -0.15) is 0 Å². The Bertz CT molecular complexity index is 2010. The second-order valence-corrected chi connectivity index (χ2v) is 34.8. The quantitative estimate of drug-likeness (QED) is 0.0222. The summed E-state index contributed by atoms with van der Waals surface area (Å²) in [5.74, 6) is 1.04. The number of phosphoric ester groups is 2. The first kappa shape index (κ1) is 101. The molecule has 103 heavy (non-hydrogen) atoms. The fourth-order valence-electron chi connectivity index (χ4n) is 12.9. The van der Waals surface area contributed by atoms with Crippen LogP contribution in [0.5, 0.6) is 0 Å². The predicted molar refractivity (Wildman–Crippen MR) is 423 cm³/mol. The van der Waals surface area contributed by atoms with Crippen LogP contribution in [0.2, 0.25) is 0 Å². The summed E-state index contributed by atoms with van der Waals surface area (Å²) in [6.45, 7) is 14.3. The van der Waals surface area contributed by atoms with E-state index in [-0.39, 0.29) is 25.7 Å². The van der Waals surface area contributed by atoms with E-state index >= 15 is 0 Å². The van der Waals surface area contributed by atoms with Gasteiger partial charge in [0, 0.05) is 25.7 Å². The molecule has 0 aromatic rings. The molecule has 612 valence electrons. The monoisotopic (exact) mass is 1510 g/mol. The molecule has 3 N–H and O–H groups in total. The molecule has 0 rings (SSSR count). The standard InChI is InChI=1S/C84H164O17P2/c1-9-77(8)63-55-47-39-34-35-41-49-57-65-82(87)95-71-80(101-84(89)67-59-51-43-33-27-21-24-30-38-46-54-62-76(6)7)73-99-103(92,93)97-69-78(85)68-96-102(90,91)98-72-79(70-94-81(86)64-56-48-40-31-25-20-16-18-23-29-37-45-53-61-75(4)5)100-83(88)66-58-50-42-32-26-19-15-13-11-10-12-14-17-22-28-36-44-52-60-74(2)3/h74-80,85H,9-73H2,1-8H3,(H,90,91)(H,92,93)/t77?,78-,79-,80-/m1/s1. The second-order valence-electron chi connectivity index (χ2n) is 31.9. The molecule has 0 aromatic carbocycles. The molecule has 0 aliphatic heterocycles. The van der Waals surface area contributed by atoms with Gasteiger partial charge in [0.25, 0.3) is 0 Å². The third-order valence-electron chi connectivity index (χ3n) is 19.9. The Kier molecular flexibility index (Phi) is 71.5. The molecule has 0 amide bonds. The van der Waals surface area contributed by atoms with Gasteiger partial charge in [-0.1, -0.05) is 383 Å². The van der Waals surface area contributed by atoms with Crippen LogP contribution in [0.15, 0.2) is 0 Å². The number of aliphatic hydroxyl groups excluding tert-OH is 1. The van der Waals surface area contributed by atoms with Crippen molar-refractivity contribution in [3.8, 4) is 0 Å². The largest absolute Gasteiger partial charge is 0.472 e. The van der Waals surface area contributed by atoms with Gasteiger partial charge in [0.1, 0.15) is 19.3 Å². The normalized spacial score (nSPS) is 14.2. The summed E-state index contributed by atoms with van der Waals surface area (Å²) in [5.41, 5.74) is 0. The van der Waals surface area contributed by atoms with Crippen molar-refractivity contribution in [1.82, 2.24) is 0 Å². The van der Waals surface area contributed by atoms with Crippen LogP contribution < -0.4 is 0 Å². The highest BCUT2D eigenvalue weighted by molar-refractivity contribution is 7.47. The Hall–Kier alpha value is -1.94. The van der Waals surface area contributed by atoms with Crippen molar-refractivity contribution >= 4 is 39.5 Å². The van der Waals surface area contributed by atoms with Crippen molar-refractivity contribution in [2.24, 2.45) is 23.7 Å². The van der Waals surface area contributed by atoms with Gasteiger partial charge in [0.2, 0.25) is 0 Å². The molecule has 17 nitrogen and oxygen atoms in total. The lowest BCUT2D eigenvalue weighted by Crippen LogP contribution is -2.30. The van der Waals surface area contributed by atoms with E-state index in [4.69, 9.17) is 37.0 Å². The van der Waals surface area contributed by atoms with E-state index < -0.39 is 97.5 Å². The lowest BCUT2D eigenvalue weighted by atomic mass is 9.99. The lowest BCUT2D eigenvalue weighted by Gasteiger charge is -2.21. The van der Waals surface area contributed by atoms with E-state index in [1.807, 2.05) is 0 Å². The second kappa shape index (κ2) is 72.9. The van der Waals surface area contributed by atoms with E-state index in [1.165, 1.54) is 238 Å². The van der Waals surface area contributed by atoms with Crippen LogP contribution in [0.25, 0.3) is 0 Å². The van der Waals surface area contributed by atoms with Gasteiger partial charge in [-0.25, -0.2) is 9.13 Å². The van der Waals surface area contributed by atoms with Crippen molar-refractivity contribution in [2.75, 3.05) is 39.6 Å². The summed E-state index contributed by atoms with van der Waals surface area (Å²) in [6.07, 6.45) is 61.0. The molecule has 0 heterocycles. The first-order valence-electron chi connectivity index (χ1n) is 43.2. The summed E-state index contributed by atoms with van der Waals surface area (Å²) < 4.78 is 68.8. The van der Waals surface area contributed by atoms with Gasteiger partial charge in [-0.05, 0) is 49.4 Å². The molecular formula is C84H164O17P2. The van der Waals surface area contributed by atoms with Crippen molar-refractivity contribution in [2.45, 2.75) is 453 Å². The van der Waals surface area contributed by atoms with Gasteiger partial charge < -0.3 is 33.8 Å². The van der Waals surface area contributed by atoms with Crippen molar-refractivity contribution in [3.63, 3.8) is 0 Å². The van der Waals surface area contributed by atoms with Crippen LogP contribution in [0.3, 0.4) is 0 Å². The van der Waals surface area contributed by atoms with E-state index in [9.17, 15) is 43.2 Å². The summed E-state index contributed by atoms with van der Waals surface area (Å²) >= 11 is 0. The van der Waals surface area contributed by atoms with Crippen LogP contribution in [0.4, 0.5) is 0 Å². The fourth-order valence-corrected chi connectivity index (χ4v) is 14.5. The van der Waals surface area contributed by atoms with Crippen LogP contribution in [0, 0.1) is 23.7 Å². The Labute approximate surface area is 632 Å². The molecule has 0 bridgehead atoms. The first-order valence-corrected chi connectivity index (χ1v) is 46.2. The smallest absolute Gasteiger partial charge is 0.462 e. The average molecular weight is 1510 g/mol. The SMILES string of the molecule is CCC(C)CCCCCCCCCCC(=O)OC[C@H](COP(=O)(O)OC[C@H](O)COP(=O)(O)OC[C@@H](COC(=O)CCCCCCCCCCCCCCCC(C)C)OC(=O)CCCCCCCCCCCCCCCCCCCCC(C)C)OC(=O)CCCCCCCCCCCCCC(C)C. The predicted octanol–water partition coefficient (Wildman–Crippen LogP) is 25.2. The molecule has 0 radical (unpaired) electrons. The summed E-state index contributed by atoms with van der Waals surface area (Å²) in [6, 6.07) is 0. The Balaban J connectivity index is 5.25. The minimum absolute atomic E-state index is 0.106. The molecule has 6 atom stereocenters. The number of hydrogen-bond donors (Lipinski definition) is 3. The highest BCUT2D eigenvalue weighted by Crippen LogP contribution is 2.45. The van der Waals surface area contributed by atoms with Crippen LogP contribution in [-0.2, 0) is 65.4 Å². The van der Waals surface area contributed by atoms with E-state index in [0.29, 0.717) is 25.7 Å². The number of ether oxygens (including phenoxy) is 4. The van der Waals surface area contributed by atoms with Crippen molar-refractivity contribution in [1.29, 1.82) is 0 Å². The lowest BCUT2D eigenvalue weighted by molar-refractivity contribution is -0.161. The first-order chi connectivity index (χ1) is 49.6. The number of carbonyl (C=O) groups is 4. The van der Waals surface area contributed by atoms with Gasteiger partial charge in [0.05, 0.1) is 26.4 Å². The van der Waals surface area contributed by atoms with Gasteiger partial charge in [0.15, 0.2) is 12.2 Å². The van der Waals surface area contributed by atoms with E-state index in [0.717, 1.165) is 114 Å². The minimum atomic E-state index is -4.97. The van der Waals surface area contributed by atoms with Crippen LogP contribution in [0.1, 0.15) is 434 Å². The van der Waals surface area contributed by atoms with Gasteiger partial charge >= 0.3 is 39.5 Å². The number of rotatable bonds is 81. The summed E-state index contributed by atoms with van der Waals surface area (Å²) in [4.78, 5) is 73.2. The Morgan fingerprint density at radius 1 is 0.272 bits per heavy atom. The number of esters is 4. The average Bonchev–Trinajstić information content (AvgIpc) is 0.919. The van der Waals surface area contributed by atoms with Crippen LogP contribution in [-0.4, -0.2) is 96.7 Å². The third kappa shape index (κ3) is 76.6. The molecule has 19 heteroatoms. The highest BCUT2D eigenvalue weighted by Gasteiger charge is 2.30. The van der Waals surface area contributed by atoms with Crippen LogP contribution >= 0.6 is 15.6 Å². The number of phosphoric acid groups is 2. The zero-order chi connectivity index (χ0) is 76.0. The third-order valence-corrected chi connectivity index (χ3v) is 21.8. The highest BCUT2D eigenvalue weighted by atomic mass is 31.2. The van der Waals surface area contributed by atoms with E-state index in [1.54, 1.807) is 0 Å². The molecule has 0 aliphatic carbocycles. The summed E-state index contributed by atoms with van der Waals surface area (Å²) in [5, 5.41) is 10.7. The van der Waals surface area contributed by atoms with E-state index in [2.05, 4.69) is 55.4 Å². The molecule has 0 fully saturated rings. The Morgan fingerprint density at radius 3 is 0.689 bits per heavy atom. The van der Waals surface area contributed by atoms with Crippen molar-refractivity contribution < 1.29 is 80.2 Å². The maximum absolute atomic E-state index is 13.1. The molecular weight excluding hydrogens is 1340 g/mol. The Morgan fingerprint density at radius 2 is 0.466 bits per heavy atom. The van der Waals surface area contributed by atoms with Crippen molar-refractivity contribution in [3.05, 3.63) is 0 Å². The molecule has 0 aromatic heterocycles. The zero-order valence-corrected chi connectivity index (χ0v) is 69.7. The molecule has 0 saturated heterocycles. The molecule has 0 aliphatic rings. The number of carbonyl (C=O) groups excluding carboxylic acids is 4. The summed E-state index contributed by atoms with van der Waals surface area (Å²) in [7, 11) is -9.93. The number of unbranched alkanes of at least 4 members (excludes halogenated alkanes) is 46. The van der Waals surface area contributed by atoms with Gasteiger partial charge in [-0.3, -0.25) is 37.3 Å². The fraction of sp³-hybridized carbons (Fsp3) is 0.952. The molecule has 0 spiro atoms. The maximum atomic E-state index is 13.1. The topological polar surface area (TPSA) is 237 Å². The minimum Gasteiger partial charge on any atom is -0.462 e. The number of aliphatic hydroxyl groups is 1.